The first kappa shape index (κ1) is 22.8. The van der Waals surface area contributed by atoms with Crippen LogP contribution in [-0.2, 0) is 22.3 Å². The predicted molar refractivity (Wildman–Crippen MR) is 108 cm³/mol. The van der Waals surface area contributed by atoms with E-state index in [9.17, 15) is 32.3 Å². The van der Waals surface area contributed by atoms with Crippen molar-refractivity contribution in [3.8, 4) is 0 Å². The Kier molecular flexibility index (Phi) is 5.47. The number of amides is 2. The third kappa shape index (κ3) is 3.97. The first-order chi connectivity index (χ1) is 15.4. The molecule has 0 bridgehead atoms. The molecule has 33 heavy (non-hydrogen) atoms. The number of halogens is 4. The molecule has 2 aliphatic rings. The van der Waals surface area contributed by atoms with E-state index in [0.29, 0.717) is 24.9 Å². The molecule has 11 heteroatoms. The highest BCUT2D eigenvalue weighted by Crippen LogP contribution is 2.42. The number of hydrazine groups is 1. The van der Waals surface area contributed by atoms with Crippen molar-refractivity contribution in [3.63, 3.8) is 0 Å². The maximum atomic E-state index is 13.7. The SMILES string of the molecule is Cc1cc(NC(=O)C2=C(O)[C@]3(C)CCCN3N(Cc3cccc(F)c3)C2=O)c(C(F)(F)F)o1. The highest BCUT2D eigenvalue weighted by Gasteiger charge is 2.52. The Morgan fingerprint density at radius 1 is 1.30 bits per heavy atom. The van der Waals surface area contributed by atoms with Crippen molar-refractivity contribution in [1.29, 1.82) is 0 Å². The molecule has 4 rings (SSSR count). The lowest BCUT2D eigenvalue weighted by Crippen LogP contribution is -2.60. The molecule has 0 spiro atoms. The second-order valence-corrected chi connectivity index (χ2v) is 8.27. The number of nitrogens with one attached hydrogen (secondary N) is 1. The summed E-state index contributed by atoms with van der Waals surface area (Å²) < 4.78 is 58.1. The third-order valence-electron chi connectivity index (χ3n) is 5.90. The van der Waals surface area contributed by atoms with E-state index in [-0.39, 0.29) is 12.3 Å². The smallest absolute Gasteiger partial charge is 0.451 e. The molecule has 3 heterocycles. The van der Waals surface area contributed by atoms with E-state index in [1.165, 1.54) is 30.1 Å². The van der Waals surface area contributed by atoms with Crippen molar-refractivity contribution in [1.82, 2.24) is 10.0 Å². The number of hydrogen-bond donors (Lipinski definition) is 2. The summed E-state index contributed by atoms with van der Waals surface area (Å²) in [5.74, 6) is -4.63. The fourth-order valence-corrected chi connectivity index (χ4v) is 4.36. The summed E-state index contributed by atoms with van der Waals surface area (Å²) in [5, 5.41) is 15.8. The second-order valence-electron chi connectivity index (χ2n) is 8.27. The number of carbonyl (C=O) groups is 2. The number of aliphatic hydroxyl groups is 1. The molecular weight excluding hydrogens is 446 g/mol. The van der Waals surface area contributed by atoms with Crippen molar-refractivity contribution in [3.05, 3.63) is 64.6 Å². The molecule has 2 amide bonds. The van der Waals surface area contributed by atoms with Crippen molar-refractivity contribution in [2.24, 2.45) is 0 Å². The zero-order valence-corrected chi connectivity index (χ0v) is 17.8. The number of fused-ring (bicyclic) bond motifs is 1. The van der Waals surface area contributed by atoms with Crippen LogP contribution in [0.4, 0.5) is 23.2 Å². The van der Waals surface area contributed by atoms with Gasteiger partial charge in [0.15, 0.2) is 0 Å². The minimum atomic E-state index is -4.87. The summed E-state index contributed by atoms with van der Waals surface area (Å²) >= 11 is 0. The molecule has 0 aliphatic carbocycles. The van der Waals surface area contributed by atoms with Gasteiger partial charge in [-0.1, -0.05) is 12.1 Å². The van der Waals surface area contributed by atoms with Crippen LogP contribution >= 0.6 is 0 Å². The van der Waals surface area contributed by atoms with Crippen LogP contribution in [0.3, 0.4) is 0 Å². The summed E-state index contributed by atoms with van der Waals surface area (Å²) in [6.07, 6.45) is -3.87. The lowest BCUT2D eigenvalue weighted by atomic mass is 9.90. The summed E-state index contributed by atoms with van der Waals surface area (Å²) in [6.45, 7) is 3.23. The number of alkyl halides is 3. The fraction of sp³-hybridized carbons (Fsp3) is 0.364. The van der Waals surface area contributed by atoms with Crippen LogP contribution in [0, 0.1) is 12.7 Å². The second kappa shape index (κ2) is 7.91. The van der Waals surface area contributed by atoms with E-state index in [0.717, 1.165) is 6.07 Å². The van der Waals surface area contributed by atoms with Gasteiger partial charge in [-0.05, 0) is 44.4 Å². The monoisotopic (exact) mass is 467 g/mol. The highest BCUT2D eigenvalue weighted by atomic mass is 19.4. The summed E-state index contributed by atoms with van der Waals surface area (Å²) in [5.41, 5.74) is -2.00. The molecule has 7 nitrogen and oxygen atoms in total. The average Bonchev–Trinajstić information content (AvgIpc) is 3.29. The van der Waals surface area contributed by atoms with E-state index >= 15 is 0 Å². The lowest BCUT2D eigenvalue weighted by molar-refractivity contribution is -0.160. The molecule has 1 aromatic heterocycles. The molecule has 1 aromatic carbocycles. The largest absolute Gasteiger partial charge is 0.509 e. The molecule has 2 N–H and O–H groups in total. The van der Waals surface area contributed by atoms with Gasteiger partial charge >= 0.3 is 6.18 Å². The van der Waals surface area contributed by atoms with Crippen molar-refractivity contribution < 1.29 is 36.7 Å². The normalized spacial score (nSPS) is 21.5. The number of nitrogens with zero attached hydrogens (tertiary/aromatic N) is 2. The molecule has 2 aromatic rings. The highest BCUT2D eigenvalue weighted by molar-refractivity contribution is 6.23. The van der Waals surface area contributed by atoms with Gasteiger partial charge in [-0.15, -0.1) is 0 Å². The van der Waals surface area contributed by atoms with Crippen LogP contribution < -0.4 is 5.32 Å². The van der Waals surface area contributed by atoms with Crippen LogP contribution in [0.5, 0.6) is 0 Å². The average molecular weight is 467 g/mol. The van der Waals surface area contributed by atoms with Gasteiger partial charge in [0.1, 0.15) is 22.9 Å². The van der Waals surface area contributed by atoms with E-state index in [1.807, 2.05) is 0 Å². The van der Waals surface area contributed by atoms with Crippen molar-refractivity contribution in [2.75, 3.05) is 11.9 Å². The molecule has 1 atom stereocenters. The van der Waals surface area contributed by atoms with Crippen LogP contribution in [0.2, 0.25) is 0 Å². The Labute approximate surface area is 186 Å². The lowest BCUT2D eigenvalue weighted by Gasteiger charge is -2.46. The Hall–Kier alpha value is -3.34. The van der Waals surface area contributed by atoms with Gasteiger partial charge in [0.2, 0.25) is 5.76 Å². The molecule has 0 radical (unpaired) electrons. The topological polar surface area (TPSA) is 86.0 Å². The van der Waals surface area contributed by atoms with Crippen LogP contribution in [0.1, 0.15) is 36.8 Å². The van der Waals surface area contributed by atoms with Gasteiger partial charge in [-0.25, -0.2) is 9.40 Å². The molecule has 0 unspecified atom stereocenters. The van der Waals surface area contributed by atoms with E-state index < -0.39 is 52.1 Å². The van der Waals surface area contributed by atoms with E-state index in [1.54, 1.807) is 18.0 Å². The Morgan fingerprint density at radius 3 is 2.70 bits per heavy atom. The zero-order chi connectivity index (χ0) is 24.1. The van der Waals surface area contributed by atoms with Crippen LogP contribution in [-0.4, -0.2) is 39.0 Å². The Balaban J connectivity index is 1.71. The predicted octanol–water partition coefficient (Wildman–Crippen LogP) is 4.31. The molecule has 1 saturated heterocycles. The van der Waals surface area contributed by atoms with Gasteiger partial charge in [0.25, 0.3) is 11.8 Å². The van der Waals surface area contributed by atoms with Crippen LogP contribution in [0.25, 0.3) is 0 Å². The van der Waals surface area contributed by atoms with Gasteiger partial charge < -0.3 is 14.8 Å². The standard InChI is InChI=1S/C22H21F4N3O4/c1-12-9-15(18(33-12)22(24,25)26)27-19(31)16-17(30)21(2)7-4-8-29(21)28(20(16)32)11-13-5-3-6-14(23)10-13/h3,5-6,9-10,30H,4,7-8,11H2,1-2H3,(H,27,31)/t21-/m0/s1. The number of carbonyl (C=O) groups excluding carboxylic acids is 2. The summed E-state index contributed by atoms with van der Waals surface area (Å²) in [6, 6.07) is 6.55. The molecule has 1 fully saturated rings. The van der Waals surface area contributed by atoms with Crippen molar-refractivity contribution in [2.45, 2.75) is 44.9 Å². The number of hydrogen-bond acceptors (Lipinski definition) is 5. The number of aliphatic hydroxyl groups excluding tert-OH is 1. The molecular formula is C22H21F4N3O4. The van der Waals surface area contributed by atoms with Gasteiger partial charge in [0, 0.05) is 12.6 Å². The van der Waals surface area contributed by atoms with Gasteiger partial charge in [-0.2, -0.15) is 13.2 Å². The Bertz CT molecular complexity index is 1160. The van der Waals surface area contributed by atoms with Gasteiger partial charge in [-0.3, -0.25) is 14.6 Å². The minimum Gasteiger partial charge on any atom is -0.509 e. The maximum Gasteiger partial charge on any atom is 0.451 e. The zero-order valence-electron chi connectivity index (χ0n) is 17.8. The summed E-state index contributed by atoms with van der Waals surface area (Å²) in [7, 11) is 0. The maximum absolute atomic E-state index is 13.7. The van der Waals surface area contributed by atoms with E-state index in [4.69, 9.17) is 0 Å². The quantitative estimate of drug-likeness (QED) is 0.517. The molecule has 2 aliphatic heterocycles. The number of benzene rings is 1. The minimum absolute atomic E-state index is 0.0884. The number of rotatable bonds is 4. The first-order valence-corrected chi connectivity index (χ1v) is 10.2. The van der Waals surface area contributed by atoms with Crippen LogP contribution in [0.15, 0.2) is 46.1 Å². The fourth-order valence-electron chi connectivity index (χ4n) is 4.36. The van der Waals surface area contributed by atoms with Crippen molar-refractivity contribution >= 4 is 17.5 Å². The number of anilines is 1. The molecule has 176 valence electrons. The third-order valence-corrected chi connectivity index (χ3v) is 5.90. The van der Waals surface area contributed by atoms with Gasteiger partial charge in [0.05, 0.1) is 17.8 Å². The summed E-state index contributed by atoms with van der Waals surface area (Å²) in [4.78, 5) is 26.3. The van der Waals surface area contributed by atoms with E-state index in [2.05, 4.69) is 9.73 Å². The molecule has 0 saturated carbocycles. The Morgan fingerprint density at radius 2 is 2.03 bits per heavy atom. The number of aryl methyl sites for hydroxylation is 1. The first-order valence-electron chi connectivity index (χ1n) is 10.2. The number of furan rings is 1.